The highest BCUT2D eigenvalue weighted by Crippen LogP contribution is 2.25. The van der Waals surface area contributed by atoms with Gasteiger partial charge in [0.15, 0.2) is 0 Å². The van der Waals surface area contributed by atoms with Gasteiger partial charge in [-0.1, -0.05) is 46.3 Å². The van der Waals surface area contributed by atoms with Gasteiger partial charge in [-0.2, -0.15) is 5.10 Å². The van der Waals surface area contributed by atoms with Crippen LogP contribution in [0, 0.1) is 6.92 Å². The number of nitrogens with two attached hydrogens (primary N) is 1. The largest absolute Gasteiger partial charge is 0.324 e. The van der Waals surface area contributed by atoms with Crippen LogP contribution in [0.4, 0.5) is 0 Å². The summed E-state index contributed by atoms with van der Waals surface area (Å²) in [7, 11) is 1.97. The lowest BCUT2D eigenvalue weighted by Gasteiger charge is -2.12. The van der Waals surface area contributed by atoms with Crippen molar-refractivity contribution in [2.45, 2.75) is 19.4 Å². The minimum atomic E-state index is -0.0462. The number of halogens is 1. The first-order valence-corrected chi connectivity index (χ1v) is 7.78. The van der Waals surface area contributed by atoms with Gasteiger partial charge in [0, 0.05) is 29.4 Å². The van der Waals surface area contributed by atoms with Crippen LogP contribution in [-0.4, -0.2) is 9.78 Å². The Hall–Kier alpha value is -1.65. The van der Waals surface area contributed by atoms with Crippen LogP contribution in [0.25, 0.3) is 10.9 Å². The van der Waals surface area contributed by atoms with Gasteiger partial charge in [-0.3, -0.25) is 4.68 Å². The third-order valence-electron chi connectivity index (χ3n) is 3.86. The third kappa shape index (κ3) is 2.74. The van der Waals surface area contributed by atoms with Gasteiger partial charge in [0.05, 0.1) is 11.2 Å². The van der Waals surface area contributed by atoms with Gasteiger partial charge >= 0.3 is 0 Å². The smallest absolute Gasteiger partial charge is 0.0722 e. The predicted molar refractivity (Wildman–Crippen MR) is 90.2 cm³/mol. The van der Waals surface area contributed by atoms with Gasteiger partial charge in [-0.05, 0) is 30.2 Å². The molecule has 0 amide bonds. The van der Waals surface area contributed by atoms with E-state index in [9.17, 15) is 0 Å². The fourth-order valence-electron chi connectivity index (χ4n) is 2.66. The Morgan fingerprint density at radius 2 is 2.00 bits per heavy atom. The number of para-hydroxylation sites is 1. The van der Waals surface area contributed by atoms with Crippen LogP contribution in [0.5, 0.6) is 0 Å². The zero-order valence-corrected chi connectivity index (χ0v) is 13.8. The molecule has 1 aromatic heterocycles. The lowest BCUT2D eigenvalue weighted by atomic mass is 10.00. The second-order valence-corrected chi connectivity index (χ2v) is 6.26. The van der Waals surface area contributed by atoms with E-state index in [1.54, 1.807) is 0 Å². The molecule has 0 aliphatic heterocycles. The minimum absolute atomic E-state index is 0.0462. The molecule has 21 heavy (non-hydrogen) atoms. The third-order valence-corrected chi connectivity index (χ3v) is 4.75. The first-order chi connectivity index (χ1) is 10.1. The van der Waals surface area contributed by atoms with E-state index < -0.39 is 0 Å². The maximum atomic E-state index is 6.38. The summed E-state index contributed by atoms with van der Waals surface area (Å²) in [6, 6.07) is 14.5. The fraction of sp³-hybridized carbons (Fsp3) is 0.235. The monoisotopic (exact) mass is 343 g/mol. The van der Waals surface area contributed by atoms with Crippen molar-refractivity contribution >= 4 is 26.8 Å². The molecule has 0 fully saturated rings. The number of hydrogen-bond acceptors (Lipinski definition) is 2. The van der Waals surface area contributed by atoms with Crippen LogP contribution >= 0.6 is 15.9 Å². The van der Waals surface area contributed by atoms with E-state index in [1.165, 1.54) is 10.9 Å². The fourth-order valence-corrected chi connectivity index (χ4v) is 2.91. The average molecular weight is 344 g/mol. The Morgan fingerprint density at radius 3 is 2.76 bits per heavy atom. The second kappa shape index (κ2) is 5.62. The molecule has 0 saturated carbocycles. The molecule has 1 atom stereocenters. The van der Waals surface area contributed by atoms with Gasteiger partial charge in [0.2, 0.25) is 0 Å². The van der Waals surface area contributed by atoms with E-state index in [2.05, 4.69) is 58.3 Å². The van der Waals surface area contributed by atoms with E-state index in [0.29, 0.717) is 0 Å². The standard InChI is InChI=1S/C17H18BrN3/c1-11-9-12(7-8-14(11)18)15(19)10-16-13-5-3-4-6-17(13)21(2)20-16/h3-9,15H,10,19H2,1-2H3. The van der Waals surface area contributed by atoms with E-state index in [-0.39, 0.29) is 6.04 Å². The number of aryl methyl sites for hydroxylation is 2. The molecular formula is C17H18BrN3. The van der Waals surface area contributed by atoms with E-state index in [1.807, 2.05) is 23.9 Å². The van der Waals surface area contributed by atoms with Crippen molar-refractivity contribution < 1.29 is 0 Å². The molecule has 3 nitrogen and oxygen atoms in total. The Kier molecular flexibility index (Phi) is 3.83. The molecule has 0 aliphatic carbocycles. The summed E-state index contributed by atoms with van der Waals surface area (Å²) in [5, 5.41) is 5.81. The number of aromatic nitrogens is 2. The molecule has 4 heteroatoms. The van der Waals surface area contributed by atoms with E-state index in [0.717, 1.165) is 27.7 Å². The van der Waals surface area contributed by atoms with Crippen LogP contribution in [0.3, 0.4) is 0 Å². The summed E-state index contributed by atoms with van der Waals surface area (Å²) in [5.74, 6) is 0. The highest BCUT2D eigenvalue weighted by Gasteiger charge is 2.14. The van der Waals surface area contributed by atoms with Crippen molar-refractivity contribution in [1.29, 1.82) is 0 Å². The Bertz CT molecular complexity index is 792. The van der Waals surface area contributed by atoms with Gasteiger partial charge in [0.25, 0.3) is 0 Å². The maximum Gasteiger partial charge on any atom is 0.0722 e. The molecule has 0 radical (unpaired) electrons. The van der Waals surface area contributed by atoms with Gasteiger partial charge < -0.3 is 5.73 Å². The number of rotatable bonds is 3. The number of fused-ring (bicyclic) bond motifs is 1. The van der Waals surface area contributed by atoms with Gasteiger partial charge in [-0.15, -0.1) is 0 Å². The van der Waals surface area contributed by atoms with Crippen LogP contribution in [-0.2, 0) is 13.5 Å². The van der Waals surface area contributed by atoms with Crippen molar-refractivity contribution in [2.24, 2.45) is 12.8 Å². The molecule has 3 aromatic rings. The summed E-state index contributed by atoms with van der Waals surface area (Å²) in [5.41, 5.74) is 10.9. The molecule has 2 aromatic carbocycles. The maximum absolute atomic E-state index is 6.38. The van der Waals surface area contributed by atoms with Gasteiger partial charge in [0.1, 0.15) is 0 Å². The Labute approximate surface area is 132 Å². The molecule has 1 heterocycles. The molecule has 3 rings (SSSR count). The lowest BCUT2D eigenvalue weighted by Crippen LogP contribution is -2.14. The quantitative estimate of drug-likeness (QED) is 0.783. The second-order valence-electron chi connectivity index (χ2n) is 5.41. The van der Waals surface area contributed by atoms with Crippen molar-refractivity contribution in [3.05, 3.63) is 63.8 Å². The van der Waals surface area contributed by atoms with Crippen molar-refractivity contribution in [3.63, 3.8) is 0 Å². The molecule has 1 unspecified atom stereocenters. The van der Waals surface area contributed by atoms with Crippen molar-refractivity contribution in [1.82, 2.24) is 9.78 Å². The number of hydrogen-bond donors (Lipinski definition) is 1. The first kappa shape index (κ1) is 14.3. The highest BCUT2D eigenvalue weighted by atomic mass is 79.9. The van der Waals surface area contributed by atoms with Crippen LogP contribution < -0.4 is 5.73 Å². The minimum Gasteiger partial charge on any atom is -0.324 e. The lowest BCUT2D eigenvalue weighted by molar-refractivity contribution is 0.681. The van der Waals surface area contributed by atoms with Crippen molar-refractivity contribution in [3.8, 4) is 0 Å². The molecule has 0 spiro atoms. The summed E-state index contributed by atoms with van der Waals surface area (Å²) < 4.78 is 3.03. The summed E-state index contributed by atoms with van der Waals surface area (Å²) in [6.45, 7) is 2.08. The topological polar surface area (TPSA) is 43.8 Å². The first-order valence-electron chi connectivity index (χ1n) is 6.98. The summed E-state index contributed by atoms with van der Waals surface area (Å²) in [4.78, 5) is 0. The van der Waals surface area contributed by atoms with Crippen LogP contribution in [0.15, 0.2) is 46.9 Å². The number of nitrogens with zero attached hydrogens (tertiary/aromatic N) is 2. The normalized spacial score (nSPS) is 12.8. The summed E-state index contributed by atoms with van der Waals surface area (Å²) in [6.07, 6.45) is 0.739. The zero-order valence-electron chi connectivity index (χ0n) is 12.2. The molecular weight excluding hydrogens is 326 g/mol. The molecule has 2 N–H and O–H groups in total. The Morgan fingerprint density at radius 1 is 1.24 bits per heavy atom. The molecule has 0 saturated heterocycles. The van der Waals surface area contributed by atoms with E-state index in [4.69, 9.17) is 5.73 Å². The molecule has 0 bridgehead atoms. The zero-order chi connectivity index (χ0) is 15.0. The molecule has 108 valence electrons. The summed E-state index contributed by atoms with van der Waals surface area (Å²) >= 11 is 3.52. The van der Waals surface area contributed by atoms with Crippen LogP contribution in [0.1, 0.15) is 22.9 Å². The highest BCUT2D eigenvalue weighted by molar-refractivity contribution is 9.10. The number of benzene rings is 2. The van der Waals surface area contributed by atoms with Crippen LogP contribution in [0.2, 0.25) is 0 Å². The predicted octanol–water partition coefficient (Wildman–Crippen LogP) is 3.89. The molecule has 0 aliphatic rings. The Balaban J connectivity index is 1.92. The van der Waals surface area contributed by atoms with Crippen molar-refractivity contribution in [2.75, 3.05) is 0 Å². The SMILES string of the molecule is Cc1cc(C(N)Cc2nn(C)c3ccccc23)ccc1Br. The van der Waals surface area contributed by atoms with E-state index >= 15 is 0 Å². The van der Waals surface area contributed by atoms with Gasteiger partial charge in [-0.25, -0.2) is 0 Å². The average Bonchev–Trinajstić information content (AvgIpc) is 2.79.